The van der Waals surface area contributed by atoms with Crippen molar-refractivity contribution in [3.8, 4) is 6.07 Å². The van der Waals surface area contributed by atoms with Gasteiger partial charge in [-0.2, -0.15) is 5.26 Å². The van der Waals surface area contributed by atoms with Crippen LogP contribution in [0, 0.1) is 11.3 Å². The fourth-order valence-electron chi connectivity index (χ4n) is 1.55. The zero-order valence-corrected chi connectivity index (χ0v) is 10.0. The van der Waals surface area contributed by atoms with Crippen molar-refractivity contribution < 1.29 is 4.79 Å². The lowest BCUT2D eigenvalue weighted by molar-refractivity contribution is -0.119. The van der Waals surface area contributed by atoms with E-state index in [4.69, 9.17) is 11.0 Å². The minimum atomic E-state index is -0.0892. The standard InChI is InChI=1S/C12H16N4O/c1-3-16(8-11(17)15-2)10-6-4-5-9(7-13)12(10)14/h4-6H,3,8,14H2,1-2H3,(H,15,17). The number of carbonyl (C=O) groups is 1. The summed E-state index contributed by atoms with van der Waals surface area (Å²) in [5, 5.41) is 11.5. The van der Waals surface area contributed by atoms with E-state index in [1.54, 1.807) is 19.2 Å². The molecule has 5 nitrogen and oxygen atoms in total. The highest BCUT2D eigenvalue weighted by Gasteiger charge is 2.13. The highest BCUT2D eigenvalue weighted by molar-refractivity contribution is 5.83. The van der Waals surface area contributed by atoms with Crippen LogP contribution in [0.3, 0.4) is 0 Å². The number of para-hydroxylation sites is 1. The van der Waals surface area contributed by atoms with Crippen LogP contribution in [-0.2, 0) is 4.79 Å². The van der Waals surface area contributed by atoms with Crippen molar-refractivity contribution in [2.45, 2.75) is 6.92 Å². The first-order chi connectivity index (χ1) is 8.13. The Kier molecular flexibility index (Phi) is 4.35. The number of nitrogens with one attached hydrogen (secondary N) is 1. The van der Waals surface area contributed by atoms with Gasteiger partial charge < -0.3 is 16.0 Å². The zero-order chi connectivity index (χ0) is 12.8. The van der Waals surface area contributed by atoms with Crippen molar-refractivity contribution in [1.82, 2.24) is 5.32 Å². The normalized spacial score (nSPS) is 9.47. The molecule has 0 aliphatic rings. The Morgan fingerprint density at radius 2 is 2.29 bits per heavy atom. The van der Waals surface area contributed by atoms with Gasteiger partial charge in [-0.15, -0.1) is 0 Å². The van der Waals surface area contributed by atoms with Gasteiger partial charge in [-0.3, -0.25) is 4.79 Å². The van der Waals surface area contributed by atoms with Gasteiger partial charge in [0.2, 0.25) is 5.91 Å². The second kappa shape index (κ2) is 5.75. The first kappa shape index (κ1) is 12.8. The van der Waals surface area contributed by atoms with Gasteiger partial charge in [0.1, 0.15) is 6.07 Å². The van der Waals surface area contributed by atoms with E-state index < -0.39 is 0 Å². The summed E-state index contributed by atoms with van der Waals surface area (Å²) < 4.78 is 0. The highest BCUT2D eigenvalue weighted by atomic mass is 16.1. The predicted octanol–water partition coefficient (Wildman–Crippen LogP) is 0.713. The third kappa shape index (κ3) is 2.88. The Hall–Kier alpha value is -2.22. The van der Waals surface area contributed by atoms with Gasteiger partial charge in [-0.05, 0) is 19.1 Å². The third-order valence-electron chi connectivity index (χ3n) is 2.54. The molecule has 0 aliphatic carbocycles. The number of hydrogen-bond acceptors (Lipinski definition) is 4. The minimum absolute atomic E-state index is 0.0892. The number of nitrogen functional groups attached to an aromatic ring is 1. The molecule has 0 atom stereocenters. The minimum Gasteiger partial charge on any atom is -0.396 e. The second-order valence-electron chi connectivity index (χ2n) is 3.54. The lowest BCUT2D eigenvalue weighted by Gasteiger charge is -2.23. The Labute approximate surface area is 101 Å². The Morgan fingerprint density at radius 1 is 1.59 bits per heavy atom. The molecule has 1 rings (SSSR count). The second-order valence-corrected chi connectivity index (χ2v) is 3.54. The molecule has 0 radical (unpaired) electrons. The van der Waals surface area contributed by atoms with Crippen molar-refractivity contribution >= 4 is 17.3 Å². The molecule has 1 aromatic carbocycles. The van der Waals surface area contributed by atoms with Gasteiger partial charge in [0.05, 0.1) is 23.5 Å². The van der Waals surface area contributed by atoms with E-state index in [0.29, 0.717) is 17.8 Å². The van der Waals surface area contributed by atoms with Crippen LogP contribution in [0.25, 0.3) is 0 Å². The number of nitriles is 1. The maximum atomic E-state index is 11.4. The zero-order valence-electron chi connectivity index (χ0n) is 10.0. The predicted molar refractivity (Wildman–Crippen MR) is 67.5 cm³/mol. The topological polar surface area (TPSA) is 82.2 Å². The number of amides is 1. The fraction of sp³-hybridized carbons (Fsp3) is 0.333. The molecule has 0 bridgehead atoms. The molecule has 1 aromatic rings. The first-order valence-corrected chi connectivity index (χ1v) is 5.38. The van der Waals surface area contributed by atoms with E-state index in [1.165, 1.54) is 0 Å². The molecular weight excluding hydrogens is 216 g/mol. The summed E-state index contributed by atoms with van der Waals surface area (Å²) in [6.45, 7) is 2.81. The van der Waals surface area contributed by atoms with Crippen LogP contribution in [0.2, 0.25) is 0 Å². The summed E-state index contributed by atoms with van der Waals surface area (Å²) in [5.74, 6) is -0.0892. The highest BCUT2D eigenvalue weighted by Crippen LogP contribution is 2.25. The monoisotopic (exact) mass is 232 g/mol. The molecule has 0 unspecified atom stereocenters. The molecule has 1 amide bonds. The smallest absolute Gasteiger partial charge is 0.239 e. The molecule has 0 aliphatic heterocycles. The molecule has 17 heavy (non-hydrogen) atoms. The van der Waals surface area contributed by atoms with Crippen molar-refractivity contribution in [3.05, 3.63) is 23.8 Å². The Morgan fingerprint density at radius 3 is 2.82 bits per heavy atom. The van der Waals surface area contributed by atoms with Crippen LogP contribution in [0.1, 0.15) is 12.5 Å². The molecule has 0 aromatic heterocycles. The molecule has 90 valence electrons. The van der Waals surface area contributed by atoms with E-state index >= 15 is 0 Å². The molecule has 0 fully saturated rings. The third-order valence-corrected chi connectivity index (χ3v) is 2.54. The van der Waals surface area contributed by atoms with Crippen molar-refractivity contribution in [1.29, 1.82) is 5.26 Å². The summed E-state index contributed by atoms with van der Waals surface area (Å²) in [6, 6.07) is 7.26. The summed E-state index contributed by atoms with van der Waals surface area (Å²) in [4.78, 5) is 13.2. The molecule has 0 saturated carbocycles. The van der Waals surface area contributed by atoms with E-state index in [-0.39, 0.29) is 12.5 Å². The van der Waals surface area contributed by atoms with E-state index in [9.17, 15) is 4.79 Å². The molecular formula is C12H16N4O. The number of nitrogens with zero attached hydrogens (tertiary/aromatic N) is 2. The average Bonchev–Trinajstić information content (AvgIpc) is 2.36. The van der Waals surface area contributed by atoms with Gasteiger partial charge >= 0.3 is 0 Å². The number of anilines is 2. The number of hydrogen-bond donors (Lipinski definition) is 2. The molecule has 0 heterocycles. The quantitative estimate of drug-likeness (QED) is 0.749. The van der Waals surface area contributed by atoms with E-state index in [2.05, 4.69) is 5.32 Å². The molecule has 0 spiro atoms. The first-order valence-electron chi connectivity index (χ1n) is 5.38. The van der Waals surface area contributed by atoms with E-state index in [0.717, 1.165) is 5.69 Å². The number of likely N-dealkylation sites (N-methyl/N-ethyl adjacent to an activating group) is 2. The lowest BCUT2D eigenvalue weighted by atomic mass is 10.1. The molecule has 3 N–H and O–H groups in total. The van der Waals surface area contributed by atoms with Crippen LogP contribution >= 0.6 is 0 Å². The van der Waals surface area contributed by atoms with Crippen molar-refractivity contribution in [3.63, 3.8) is 0 Å². The lowest BCUT2D eigenvalue weighted by Crippen LogP contribution is -2.35. The maximum absolute atomic E-state index is 11.4. The summed E-state index contributed by atoms with van der Waals surface area (Å²) in [6.07, 6.45) is 0. The molecule has 5 heteroatoms. The van der Waals surface area contributed by atoms with Gasteiger partial charge in [0.25, 0.3) is 0 Å². The van der Waals surface area contributed by atoms with Gasteiger partial charge in [-0.25, -0.2) is 0 Å². The van der Waals surface area contributed by atoms with Crippen LogP contribution < -0.4 is 16.0 Å². The number of nitrogens with two attached hydrogens (primary N) is 1. The van der Waals surface area contributed by atoms with Gasteiger partial charge in [0.15, 0.2) is 0 Å². The summed E-state index contributed by atoms with van der Waals surface area (Å²) in [7, 11) is 1.59. The fourth-order valence-corrected chi connectivity index (χ4v) is 1.55. The van der Waals surface area contributed by atoms with Crippen LogP contribution in [-0.4, -0.2) is 26.0 Å². The maximum Gasteiger partial charge on any atom is 0.239 e. The summed E-state index contributed by atoms with van der Waals surface area (Å²) in [5.41, 5.74) is 7.46. The largest absolute Gasteiger partial charge is 0.396 e. The number of rotatable bonds is 4. The van der Waals surface area contributed by atoms with Gasteiger partial charge in [0, 0.05) is 13.6 Å². The number of carbonyl (C=O) groups excluding carboxylic acids is 1. The van der Waals surface area contributed by atoms with Crippen LogP contribution in [0.5, 0.6) is 0 Å². The average molecular weight is 232 g/mol. The Bertz CT molecular complexity index is 450. The van der Waals surface area contributed by atoms with Gasteiger partial charge in [-0.1, -0.05) is 6.07 Å². The van der Waals surface area contributed by atoms with E-state index in [1.807, 2.05) is 24.0 Å². The van der Waals surface area contributed by atoms with Crippen molar-refractivity contribution in [2.24, 2.45) is 0 Å². The SMILES string of the molecule is CCN(CC(=O)NC)c1cccc(C#N)c1N. The van der Waals surface area contributed by atoms with Crippen LogP contribution in [0.15, 0.2) is 18.2 Å². The number of benzene rings is 1. The van der Waals surface area contributed by atoms with Crippen LogP contribution in [0.4, 0.5) is 11.4 Å². The van der Waals surface area contributed by atoms with Crippen molar-refractivity contribution in [2.75, 3.05) is 30.8 Å². The summed E-state index contributed by atoms with van der Waals surface area (Å²) >= 11 is 0. The Balaban J connectivity index is 3.04. The molecule has 0 saturated heterocycles.